The van der Waals surface area contributed by atoms with E-state index < -0.39 is 29.5 Å². The number of fused-ring (bicyclic) bond motifs is 1. The molecule has 0 radical (unpaired) electrons. The number of hydrogen-bond donors (Lipinski definition) is 1. The molecule has 8 heteroatoms. The van der Waals surface area contributed by atoms with E-state index in [-0.39, 0.29) is 22.4 Å². The average molecular weight is 342 g/mol. The fourth-order valence-electron chi connectivity index (χ4n) is 2.32. The third-order valence-corrected chi connectivity index (χ3v) is 3.45. The number of nitrogens with zero attached hydrogens (tertiary/aromatic N) is 1. The van der Waals surface area contributed by atoms with Crippen molar-refractivity contribution in [2.75, 3.05) is 5.32 Å². The van der Waals surface area contributed by atoms with E-state index >= 15 is 0 Å². The van der Waals surface area contributed by atoms with Crippen molar-refractivity contribution in [2.45, 2.75) is 6.92 Å². The number of halogens is 1. The highest BCUT2D eigenvalue weighted by Gasteiger charge is 2.38. The second-order valence-electron chi connectivity index (χ2n) is 5.20. The van der Waals surface area contributed by atoms with E-state index in [1.165, 1.54) is 31.2 Å². The number of carbonyl (C=O) groups excluding carboxylic acids is 4. The highest BCUT2D eigenvalue weighted by atomic mass is 19.1. The normalized spacial score (nSPS) is 12.8. The van der Waals surface area contributed by atoms with Gasteiger partial charge in [-0.3, -0.25) is 14.4 Å². The Labute approximate surface area is 140 Å². The first-order valence-corrected chi connectivity index (χ1v) is 7.15. The van der Waals surface area contributed by atoms with Crippen LogP contribution >= 0.6 is 0 Å². The molecule has 2 aromatic rings. The van der Waals surface area contributed by atoms with Gasteiger partial charge in [-0.1, -0.05) is 17.2 Å². The van der Waals surface area contributed by atoms with E-state index in [1.807, 2.05) is 0 Å². The molecule has 7 nitrogen and oxygen atoms in total. The maximum absolute atomic E-state index is 13.9. The summed E-state index contributed by atoms with van der Waals surface area (Å²) in [4.78, 5) is 52.1. The van der Waals surface area contributed by atoms with Crippen molar-refractivity contribution in [3.8, 4) is 0 Å². The molecule has 2 aromatic carbocycles. The van der Waals surface area contributed by atoms with E-state index in [1.54, 1.807) is 12.1 Å². The second-order valence-corrected chi connectivity index (χ2v) is 5.20. The van der Waals surface area contributed by atoms with Gasteiger partial charge in [0.15, 0.2) is 0 Å². The summed E-state index contributed by atoms with van der Waals surface area (Å²) in [6.07, 6.45) is 0. The molecule has 0 aliphatic carbocycles. The molecule has 0 aromatic heterocycles. The van der Waals surface area contributed by atoms with Crippen LogP contribution in [0, 0.1) is 5.82 Å². The summed E-state index contributed by atoms with van der Waals surface area (Å²) in [6, 6.07) is 9.24. The average Bonchev–Trinajstić information content (AvgIpc) is 2.82. The van der Waals surface area contributed by atoms with Crippen LogP contribution in [0.5, 0.6) is 0 Å². The summed E-state index contributed by atoms with van der Waals surface area (Å²) >= 11 is 0. The molecule has 3 rings (SSSR count). The van der Waals surface area contributed by atoms with Crippen molar-refractivity contribution in [2.24, 2.45) is 0 Å². The van der Waals surface area contributed by atoms with Crippen LogP contribution < -0.4 is 5.32 Å². The molecule has 0 saturated carbocycles. The maximum Gasteiger partial charge on any atom is 0.364 e. The summed E-state index contributed by atoms with van der Waals surface area (Å²) in [5, 5.41) is 2.59. The van der Waals surface area contributed by atoms with Crippen molar-refractivity contribution in [1.82, 2.24) is 5.06 Å². The van der Waals surface area contributed by atoms with Crippen LogP contribution in [0.2, 0.25) is 0 Å². The SMILES string of the molecule is CC(=O)Nc1ccc(C(=O)ON2C(=O)c3ccccc3C2=O)cc1F. The lowest BCUT2D eigenvalue weighted by atomic mass is 10.1. The quantitative estimate of drug-likeness (QED) is 0.863. The highest BCUT2D eigenvalue weighted by Crippen LogP contribution is 2.24. The van der Waals surface area contributed by atoms with Crippen LogP contribution in [-0.4, -0.2) is 28.8 Å². The summed E-state index contributed by atoms with van der Waals surface area (Å²) in [6.45, 7) is 1.21. The van der Waals surface area contributed by atoms with Gasteiger partial charge in [0, 0.05) is 6.92 Å². The summed E-state index contributed by atoms with van der Waals surface area (Å²) in [5.74, 6) is -3.95. The monoisotopic (exact) mass is 342 g/mol. The molecule has 1 aliphatic heterocycles. The molecule has 25 heavy (non-hydrogen) atoms. The topological polar surface area (TPSA) is 92.8 Å². The van der Waals surface area contributed by atoms with Crippen molar-refractivity contribution >= 4 is 29.4 Å². The number of hydrogen-bond acceptors (Lipinski definition) is 5. The van der Waals surface area contributed by atoms with Gasteiger partial charge in [-0.15, -0.1) is 0 Å². The third kappa shape index (κ3) is 2.97. The predicted molar refractivity (Wildman–Crippen MR) is 83.1 cm³/mol. The molecule has 3 amide bonds. The van der Waals surface area contributed by atoms with Crippen molar-refractivity contribution in [3.05, 3.63) is 65.0 Å². The van der Waals surface area contributed by atoms with Crippen LogP contribution in [0.15, 0.2) is 42.5 Å². The van der Waals surface area contributed by atoms with Crippen LogP contribution in [0.3, 0.4) is 0 Å². The van der Waals surface area contributed by atoms with Crippen molar-refractivity contribution < 1.29 is 28.4 Å². The fraction of sp³-hybridized carbons (Fsp3) is 0.0588. The summed E-state index contributed by atoms with van der Waals surface area (Å²) < 4.78 is 13.9. The molecule has 0 unspecified atom stereocenters. The lowest BCUT2D eigenvalue weighted by Gasteiger charge is -2.13. The molecule has 0 saturated heterocycles. The first kappa shape index (κ1) is 16.3. The van der Waals surface area contributed by atoms with Gasteiger partial charge in [-0.2, -0.15) is 0 Å². The largest absolute Gasteiger partial charge is 0.364 e. The molecule has 0 spiro atoms. The van der Waals surface area contributed by atoms with Gasteiger partial charge in [0.1, 0.15) is 5.82 Å². The lowest BCUT2D eigenvalue weighted by molar-refractivity contribution is -0.114. The molecular formula is C17H11FN2O5. The maximum atomic E-state index is 13.9. The molecule has 1 heterocycles. The molecule has 0 atom stereocenters. The number of nitrogens with one attached hydrogen (secondary N) is 1. The van der Waals surface area contributed by atoms with Gasteiger partial charge in [0.2, 0.25) is 5.91 Å². The molecular weight excluding hydrogens is 331 g/mol. The first-order chi connectivity index (χ1) is 11.9. The molecule has 126 valence electrons. The van der Waals surface area contributed by atoms with Gasteiger partial charge >= 0.3 is 5.97 Å². The minimum absolute atomic E-state index is 0.107. The Morgan fingerprint density at radius 2 is 1.64 bits per heavy atom. The van der Waals surface area contributed by atoms with Crippen LogP contribution in [0.4, 0.5) is 10.1 Å². The fourth-order valence-corrected chi connectivity index (χ4v) is 2.32. The Morgan fingerprint density at radius 1 is 1.04 bits per heavy atom. The van der Waals surface area contributed by atoms with E-state index in [0.29, 0.717) is 5.06 Å². The predicted octanol–water partition coefficient (Wildman–Crippen LogP) is 2.15. The molecule has 1 aliphatic rings. The number of carbonyl (C=O) groups is 4. The van der Waals surface area contributed by atoms with Gasteiger partial charge in [-0.25, -0.2) is 9.18 Å². The number of benzene rings is 2. The van der Waals surface area contributed by atoms with Gasteiger partial charge < -0.3 is 10.2 Å². The van der Waals surface area contributed by atoms with Crippen molar-refractivity contribution in [1.29, 1.82) is 0 Å². The number of rotatable bonds is 3. The Morgan fingerprint density at radius 3 is 2.16 bits per heavy atom. The first-order valence-electron chi connectivity index (χ1n) is 7.15. The minimum Gasteiger partial charge on any atom is -0.324 e. The zero-order chi connectivity index (χ0) is 18.1. The van der Waals surface area contributed by atoms with E-state index in [9.17, 15) is 23.6 Å². The standard InChI is InChI=1S/C17H11FN2O5/c1-9(21)19-14-7-6-10(8-13(14)18)17(24)25-20-15(22)11-4-2-3-5-12(11)16(20)23/h2-8H,1H3,(H,19,21). The second kappa shape index (κ2) is 6.16. The smallest absolute Gasteiger partial charge is 0.324 e. The molecule has 0 fully saturated rings. The summed E-state index contributed by atoms with van der Waals surface area (Å²) in [7, 11) is 0. The van der Waals surface area contributed by atoms with E-state index in [0.717, 1.165) is 6.07 Å². The summed E-state index contributed by atoms with van der Waals surface area (Å²) in [5.41, 5.74) is -0.0899. The van der Waals surface area contributed by atoms with Crippen LogP contribution in [0.25, 0.3) is 0 Å². The Kier molecular flexibility index (Phi) is 4.02. The number of amides is 3. The third-order valence-electron chi connectivity index (χ3n) is 3.45. The minimum atomic E-state index is -1.08. The lowest BCUT2D eigenvalue weighted by Crippen LogP contribution is -2.32. The zero-order valence-corrected chi connectivity index (χ0v) is 12.9. The molecule has 0 bridgehead atoms. The van der Waals surface area contributed by atoms with Crippen LogP contribution in [0.1, 0.15) is 38.0 Å². The van der Waals surface area contributed by atoms with Gasteiger partial charge in [0.05, 0.1) is 22.4 Å². The molecule has 1 N–H and O–H groups in total. The van der Waals surface area contributed by atoms with E-state index in [4.69, 9.17) is 4.84 Å². The van der Waals surface area contributed by atoms with Gasteiger partial charge in [0.25, 0.3) is 11.8 Å². The van der Waals surface area contributed by atoms with Gasteiger partial charge in [-0.05, 0) is 30.3 Å². The van der Waals surface area contributed by atoms with Crippen molar-refractivity contribution in [3.63, 3.8) is 0 Å². The van der Waals surface area contributed by atoms with Crippen LogP contribution in [-0.2, 0) is 9.63 Å². The number of hydroxylamine groups is 2. The Hall–Kier alpha value is -3.55. The Bertz CT molecular complexity index is 890. The Balaban J connectivity index is 1.80. The number of imide groups is 1. The zero-order valence-electron chi connectivity index (χ0n) is 12.9. The van der Waals surface area contributed by atoms with E-state index in [2.05, 4.69) is 5.32 Å². The number of anilines is 1. The highest BCUT2D eigenvalue weighted by molar-refractivity contribution is 6.21.